The summed E-state index contributed by atoms with van der Waals surface area (Å²) in [5, 5.41) is 5.96. The zero-order valence-corrected chi connectivity index (χ0v) is 21.9. The quantitative estimate of drug-likeness (QED) is 0.431. The third-order valence-electron chi connectivity index (χ3n) is 6.97. The number of amides is 2. The van der Waals surface area contributed by atoms with Gasteiger partial charge in [-0.05, 0) is 80.3 Å². The molecule has 1 atom stereocenters. The van der Waals surface area contributed by atoms with Crippen molar-refractivity contribution in [1.29, 1.82) is 0 Å². The van der Waals surface area contributed by atoms with Gasteiger partial charge in [0.15, 0.2) is 0 Å². The van der Waals surface area contributed by atoms with Crippen molar-refractivity contribution < 1.29 is 14.0 Å². The van der Waals surface area contributed by atoms with E-state index in [2.05, 4.69) is 27.4 Å². The molecular formula is C29H32ClFN4O2. The van der Waals surface area contributed by atoms with Crippen molar-refractivity contribution in [1.82, 2.24) is 20.5 Å². The van der Waals surface area contributed by atoms with Gasteiger partial charge < -0.3 is 10.6 Å². The second-order valence-corrected chi connectivity index (χ2v) is 9.89. The van der Waals surface area contributed by atoms with Crippen LogP contribution in [0.15, 0.2) is 60.8 Å². The number of aryl methyl sites for hydroxylation is 1. The van der Waals surface area contributed by atoms with Gasteiger partial charge in [0, 0.05) is 61.2 Å². The molecule has 2 amide bonds. The van der Waals surface area contributed by atoms with Crippen molar-refractivity contribution in [3.8, 4) is 0 Å². The summed E-state index contributed by atoms with van der Waals surface area (Å²) in [6.07, 6.45) is 4.08. The minimum atomic E-state index is -0.537. The first-order valence-corrected chi connectivity index (χ1v) is 13.0. The molecule has 0 spiro atoms. The molecule has 1 aliphatic rings. The summed E-state index contributed by atoms with van der Waals surface area (Å²) in [6, 6.07) is 15.9. The average Bonchev–Trinajstić information content (AvgIpc) is 2.90. The van der Waals surface area contributed by atoms with Crippen LogP contribution >= 0.6 is 11.6 Å². The maximum Gasteiger partial charge on any atom is 0.251 e. The standard InChI is InChI=1S/C29H32ClFN4O2/c1-19-17-21(28(36)33-14-10-23-5-3-4-13-32-23)6-8-25(19)20(2)35-15-11-24(12-16-35)34-29(37)22-7-9-27(31)26(30)18-22/h3-9,13,17-18,20,24H,10-12,14-16H2,1-2H3,(H,33,36)(H,34,37). The van der Waals surface area contributed by atoms with E-state index in [4.69, 9.17) is 11.6 Å². The van der Waals surface area contributed by atoms with Gasteiger partial charge in [-0.15, -0.1) is 0 Å². The number of carbonyl (C=O) groups is 2. The van der Waals surface area contributed by atoms with Gasteiger partial charge in [0.1, 0.15) is 5.82 Å². The number of pyridine rings is 1. The van der Waals surface area contributed by atoms with Gasteiger partial charge in [-0.25, -0.2) is 4.39 Å². The number of benzene rings is 2. The summed E-state index contributed by atoms with van der Waals surface area (Å²) in [4.78, 5) is 31.8. The molecule has 4 rings (SSSR count). The molecule has 1 saturated heterocycles. The average molecular weight is 523 g/mol. The SMILES string of the molecule is Cc1cc(C(=O)NCCc2ccccn2)ccc1C(C)N1CCC(NC(=O)c2ccc(F)c(Cl)c2)CC1. The molecule has 0 radical (unpaired) electrons. The molecule has 1 aromatic heterocycles. The van der Waals surface area contributed by atoms with Crippen LogP contribution < -0.4 is 10.6 Å². The molecule has 2 aromatic carbocycles. The minimum Gasteiger partial charge on any atom is -0.352 e. The number of hydrogen-bond acceptors (Lipinski definition) is 4. The Kier molecular flexibility index (Phi) is 8.90. The van der Waals surface area contributed by atoms with Crippen LogP contribution in [0.1, 0.15) is 63.3 Å². The molecule has 2 heterocycles. The van der Waals surface area contributed by atoms with E-state index < -0.39 is 5.82 Å². The van der Waals surface area contributed by atoms with Gasteiger partial charge in [-0.3, -0.25) is 19.5 Å². The molecule has 0 aliphatic carbocycles. The Balaban J connectivity index is 1.27. The summed E-state index contributed by atoms with van der Waals surface area (Å²) < 4.78 is 13.4. The van der Waals surface area contributed by atoms with Crippen molar-refractivity contribution in [3.05, 3.63) is 99.6 Å². The number of likely N-dealkylation sites (tertiary alicyclic amines) is 1. The lowest BCUT2D eigenvalue weighted by molar-refractivity contribution is 0.0894. The van der Waals surface area contributed by atoms with Gasteiger partial charge in [-0.2, -0.15) is 0 Å². The topological polar surface area (TPSA) is 74.3 Å². The first-order valence-electron chi connectivity index (χ1n) is 12.6. The maximum absolute atomic E-state index is 13.4. The van der Waals surface area contributed by atoms with Gasteiger partial charge >= 0.3 is 0 Å². The van der Waals surface area contributed by atoms with Crippen LogP contribution in [0.5, 0.6) is 0 Å². The lowest BCUT2D eigenvalue weighted by Gasteiger charge is -2.37. The molecule has 6 nitrogen and oxygen atoms in total. The van der Waals surface area contributed by atoms with Gasteiger partial charge in [0.2, 0.25) is 0 Å². The highest BCUT2D eigenvalue weighted by molar-refractivity contribution is 6.31. The van der Waals surface area contributed by atoms with E-state index in [0.29, 0.717) is 24.1 Å². The Morgan fingerprint density at radius 1 is 1.08 bits per heavy atom. The number of halogens is 2. The van der Waals surface area contributed by atoms with E-state index in [1.54, 1.807) is 6.20 Å². The molecule has 0 bridgehead atoms. The second kappa shape index (κ2) is 12.3. The molecule has 2 N–H and O–H groups in total. The van der Waals surface area contributed by atoms with Crippen LogP contribution in [0, 0.1) is 12.7 Å². The van der Waals surface area contributed by atoms with E-state index in [-0.39, 0.29) is 28.9 Å². The number of piperidine rings is 1. The predicted octanol–water partition coefficient (Wildman–Crippen LogP) is 5.11. The van der Waals surface area contributed by atoms with Crippen LogP contribution in [0.25, 0.3) is 0 Å². The first-order chi connectivity index (χ1) is 17.8. The number of aromatic nitrogens is 1. The van der Waals surface area contributed by atoms with Crippen LogP contribution in [0.3, 0.4) is 0 Å². The molecule has 3 aromatic rings. The van der Waals surface area contributed by atoms with Gasteiger partial charge in [0.25, 0.3) is 11.8 Å². The highest BCUT2D eigenvalue weighted by Gasteiger charge is 2.26. The molecule has 37 heavy (non-hydrogen) atoms. The van der Waals surface area contributed by atoms with Crippen molar-refractivity contribution in [2.45, 2.75) is 45.2 Å². The number of carbonyl (C=O) groups excluding carboxylic acids is 2. The predicted molar refractivity (Wildman–Crippen MR) is 143 cm³/mol. The monoisotopic (exact) mass is 522 g/mol. The smallest absolute Gasteiger partial charge is 0.251 e. The summed E-state index contributed by atoms with van der Waals surface area (Å²) in [6.45, 7) is 6.43. The van der Waals surface area contributed by atoms with Crippen molar-refractivity contribution in [3.63, 3.8) is 0 Å². The Labute approximate surface area is 222 Å². The fourth-order valence-electron chi connectivity index (χ4n) is 4.77. The van der Waals surface area contributed by atoms with Crippen LogP contribution in [-0.4, -0.2) is 47.4 Å². The number of hydrogen-bond donors (Lipinski definition) is 2. The fourth-order valence-corrected chi connectivity index (χ4v) is 4.95. The molecule has 0 saturated carbocycles. The summed E-state index contributed by atoms with van der Waals surface area (Å²) in [5.74, 6) is -0.861. The van der Waals surface area contributed by atoms with Crippen LogP contribution in [0.2, 0.25) is 5.02 Å². The van der Waals surface area contributed by atoms with E-state index in [1.807, 2.05) is 43.3 Å². The largest absolute Gasteiger partial charge is 0.352 e. The maximum atomic E-state index is 13.4. The second-order valence-electron chi connectivity index (χ2n) is 9.49. The summed E-state index contributed by atoms with van der Waals surface area (Å²) >= 11 is 5.81. The fraction of sp³-hybridized carbons (Fsp3) is 0.345. The molecule has 8 heteroatoms. The highest BCUT2D eigenvalue weighted by atomic mass is 35.5. The third-order valence-corrected chi connectivity index (χ3v) is 7.26. The number of nitrogens with one attached hydrogen (secondary N) is 2. The first kappa shape index (κ1) is 26.8. The Morgan fingerprint density at radius 2 is 1.81 bits per heavy atom. The number of nitrogens with zero attached hydrogens (tertiary/aromatic N) is 2. The van der Waals surface area contributed by atoms with E-state index in [9.17, 15) is 14.0 Å². The number of rotatable bonds is 8. The van der Waals surface area contributed by atoms with Gasteiger partial charge in [0.05, 0.1) is 5.02 Å². The zero-order valence-electron chi connectivity index (χ0n) is 21.1. The van der Waals surface area contributed by atoms with Gasteiger partial charge in [-0.1, -0.05) is 23.7 Å². The third kappa shape index (κ3) is 6.93. The lowest BCUT2D eigenvalue weighted by Crippen LogP contribution is -2.45. The Bertz CT molecular complexity index is 1250. The summed E-state index contributed by atoms with van der Waals surface area (Å²) in [5.41, 5.74) is 4.23. The minimum absolute atomic E-state index is 0.0537. The highest BCUT2D eigenvalue weighted by Crippen LogP contribution is 2.27. The molecule has 1 unspecified atom stereocenters. The molecule has 194 valence electrons. The normalized spacial score (nSPS) is 15.2. The summed E-state index contributed by atoms with van der Waals surface area (Å²) in [7, 11) is 0. The molecular weight excluding hydrogens is 491 g/mol. The lowest BCUT2D eigenvalue weighted by atomic mass is 9.95. The molecule has 1 fully saturated rings. The van der Waals surface area contributed by atoms with Crippen LogP contribution in [0.4, 0.5) is 4.39 Å². The Morgan fingerprint density at radius 3 is 2.49 bits per heavy atom. The molecule has 1 aliphatic heterocycles. The van der Waals surface area contributed by atoms with E-state index in [1.165, 1.54) is 23.8 Å². The van der Waals surface area contributed by atoms with E-state index in [0.717, 1.165) is 37.2 Å². The van der Waals surface area contributed by atoms with Crippen molar-refractivity contribution in [2.75, 3.05) is 19.6 Å². The Hall–Kier alpha value is -3.29. The van der Waals surface area contributed by atoms with Crippen LogP contribution in [-0.2, 0) is 6.42 Å². The van der Waals surface area contributed by atoms with Crippen molar-refractivity contribution >= 4 is 23.4 Å². The van der Waals surface area contributed by atoms with Crippen molar-refractivity contribution in [2.24, 2.45) is 0 Å². The van der Waals surface area contributed by atoms with E-state index >= 15 is 0 Å². The zero-order chi connectivity index (χ0) is 26.4.